The molecule has 1 amide bonds. The summed E-state index contributed by atoms with van der Waals surface area (Å²) in [4.78, 5) is 13.7. The van der Waals surface area contributed by atoms with E-state index in [1.165, 1.54) is 0 Å². The second kappa shape index (κ2) is 7.01. The quantitative estimate of drug-likeness (QED) is 0.840. The lowest BCUT2D eigenvalue weighted by atomic mass is 10.1. The highest BCUT2D eigenvalue weighted by atomic mass is 16.5. The van der Waals surface area contributed by atoms with Crippen LogP contribution in [0.1, 0.15) is 20.8 Å². The molecule has 0 saturated heterocycles. The van der Waals surface area contributed by atoms with Crippen LogP contribution in [0.4, 0.5) is 5.69 Å². The van der Waals surface area contributed by atoms with Crippen molar-refractivity contribution in [2.24, 2.45) is 11.7 Å². The van der Waals surface area contributed by atoms with E-state index in [4.69, 9.17) is 10.5 Å². The molecule has 0 saturated carbocycles. The molecular formula is C14H22N2O2. The Morgan fingerprint density at radius 3 is 2.61 bits per heavy atom. The molecule has 4 nitrogen and oxygen atoms in total. The third kappa shape index (κ3) is 3.74. The number of carbonyl (C=O) groups excluding carboxylic acids is 1. The Labute approximate surface area is 109 Å². The maximum Gasteiger partial charge on any atom is 0.240 e. The summed E-state index contributed by atoms with van der Waals surface area (Å²) < 4.78 is 5.56. The highest BCUT2D eigenvalue weighted by molar-refractivity contribution is 5.96. The van der Waals surface area contributed by atoms with Gasteiger partial charge in [-0.05, 0) is 25.0 Å². The molecular weight excluding hydrogens is 228 g/mol. The van der Waals surface area contributed by atoms with E-state index in [9.17, 15) is 4.79 Å². The van der Waals surface area contributed by atoms with Crippen LogP contribution in [0, 0.1) is 5.92 Å². The summed E-state index contributed by atoms with van der Waals surface area (Å²) >= 11 is 0. The van der Waals surface area contributed by atoms with Crippen molar-refractivity contribution in [3.63, 3.8) is 0 Å². The first-order valence-corrected chi connectivity index (χ1v) is 6.32. The summed E-state index contributed by atoms with van der Waals surface area (Å²) in [6.07, 6.45) is 0. The van der Waals surface area contributed by atoms with E-state index in [0.717, 1.165) is 11.4 Å². The van der Waals surface area contributed by atoms with Crippen molar-refractivity contribution in [2.45, 2.75) is 20.8 Å². The SMILES string of the molecule is CCOc1ccccc1N(CC(C)C)C(=O)CN. The molecule has 0 fully saturated rings. The topological polar surface area (TPSA) is 55.6 Å². The first kappa shape index (κ1) is 14.5. The number of amides is 1. The first-order valence-electron chi connectivity index (χ1n) is 6.32. The first-order chi connectivity index (χ1) is 8.60. The molecule has 0 unspecified atom stereocenters. The van der Waals surface area contributed by atoms with Gasteiger partial charge in [0.2, 0.25) is 5.91 Å². The summed E-state index contributed by atoms with van der Waals surface area (Å²) in [6, 6.07) is 7.56. The van der Waals surface area contributed by atoms with Crippen LogP contribution in [-0.4, -0.2) is 25.6 Å². The van der Waals surface area contributed by atoms with E-state index in [-0.39, 0.29) is 12.5 Å². The Morgan fingerprint density at radius 2 is 2.06 bits per heavy atom. The van der Waals surface area contributed by atoms with Crippen molar-refractivity contribution < 1.29 is 9.53 Å². The zero-order chi connectivity index (χ0) is 13.5. The van der Waals surface area contributed by atoms with Crippen LogP contribution < -0.4 is 15.4 Å². The molecule has 0 spiro atoms. The smallest absolute Gasteiger partial charge is 0.240 e. The fraction of sp³-hybridized carbons (Fsp3) is 0.500. The molecule has 0 aliphatic carbocycles. The van der Waals surface area contributed by atoms with Crippen LogP contribution >= 0.6 is 0 Å². The molecule has 0 bridgehead atoms. The van der Waals surface area contributed by atoms with Crippen LogP contribution in [0.15, 0.2) is 24.3 Å². The third-order valence-corrected chi connectivity index (χ3v) is 2.48. The Morgan fingerprint density at radius 1 is 1.39 bits per heavy atom. The number of rotatable bonds is 6. The van der Waals surface area contributed by atoms with Gasteiger partial charge in [0.05, 0.1) is 18.8 Å². The van der Waals surface area contributed by atoms with Crippen LogP contribution in [-0.2, 0) is 4.79 Å². The van der Waals surface area contributed by atoms with Crippen molar-refractivity contribution in [1.82, 2.24) is 0 Å². The highest BCUT2D eigenvalue weighted by Gasteiger charge is 2.18. The van der Waals surface area contributed by atoms with Gasteiger partial charge in [-0.2, -0.15) is 0 Å². The molecule has 18 heavy (non-hydrogen) atoms. The normalized spacial score (nSPS) is 10.5. The standard InChI is InChI=1S/C14H22N2O2/c1-4-18-13-8-6-5-7-12(13)16(10-11(2)3)14(17)9-15/h5-8,11H,4,9-10,15H2,1-3H3. The Balaban J connectivity index is 3.07. The second-order valence-electron chi connectivity index (χ2n) is 4.50. The molecule has 2 N–H and O–H groups in total. The predicted molar refractivity (Wildman–Crippen MR) is 73.9 cm³/mol. The maximum atomic E-state index is 11.9. The summed E-state index contributed by atoms with van der Waals surface area (Å²) in [6.45, 7) is 7.28. The summed E-state index contributed by atoms with van der Waals surface area (Å²) in [5.41, 5.74) is 6.27. The van der Waals surface area contributed by atoms with Crippen molar-refractivity contribution >= 4 is 11.6 Å². The van der Waals surface area contributed by atoms with Gasteiger partial charge in [0.25, 0.3) is 0 Å². The zero-order valence-corrected chi connectivity index (χ0v) is 11.3. The minimum atomic E-state index is -0.0872. The number of nitrogens with two attached hydrogens (primary N) is 1. The minimum Gasteiger partial charge on any atom is -0.492 e. The maximum absolute atomic E-state index is 11.9. The van der Waals surface area contributed by atoms with Gasteiger partial charge >= 0.3 is 0 Å². The number of para-hydroxylation sites is 2. The fourth-order valence-corrected chi connectivity index (χ4v) is 1.77. The van der Waals surface area contributed by atoms with Gasteiger partial charge in [0, 0.05) is 6.54 Å². The van der Waals surface area contributed by atoms with Gasteiger partial charge in [-0.15, -0.1) is 0 Å². The monoisotopic (exact) mass is 250 g/mol. The van der Waals surface area contributed by atoms with E-state index in [2.05, 4.69) is 13.8 Å². The van der Waals surface area contributed by atoms with E-state index < -0.39 is 0 Å². The Bertz CT molecular complexity index is 391. The molecule has 0 atom stereocenters. The number of hydrogen-bond donors (Lipinski definition) is 1. The van der Waals surface area contributed by atoms with Gasteiger partial charge in [-0.1, -0.05) is 26.0 Å². The van der Waals surface area contributed by atoms with E-state index in [1.54, 1.807) is 4.90 Å². The largest absolute Gasteiger partial charge is 0.492 e. The molecule has 0 radical (unpaired) electrons. The number of benzene rings is 1. The summed E-state index contributed by atoms with van der Waals surface area (Å²) in [7, 11) is 0. The lowest BCUT2D eigenvalue weighted by Crippen LogP contribution is -2.38. The summed E-state index contributed by atoms with van der Waals surface area (Å²) in [5.74, 6) is 1.01. The van der Waals surface area contributed by atoms with Crippen LogP contribution in [0.2, 0.25) is 0 Å². The summed E-state index contributed by atoms with van der Waals surface area (Å²) in [5, 5.41) is 0. The number of hydrogen-bond acceptors (Lipinski definition) is 3. The molecule has 1 aromatic rings. The van der Waals surface area contributed by atoms with Crippen molar-refractivity contribution in [2.75, 3.05) is 24.6 Å². The second-order valence-corrected chi connectivity index (χ2v) is 4.50. The zero-order valence-electron chi connectivity index (χ0n) is 11.3. The molecule has 100 valence electrons. The van der Waals surface area contributed by atoms with Crippen LogP contribution in [0.5, 0.6) is 5.75 Å². The highest BCUT2D eigenvalue weighted by Crippen LogP contribution is 2.28. The predicted octanol–water partition coefficient (Wildman–Crippen LogP) is 2.03. The van der Waals surface area contributed by atoms with Gasteiger partial charge in [0.1, 0.15) is 5.75 Å². The van der Waals surface area contributed by atoms with Gasteiger partial charge in [-0.3, -0.25) is 4.79 Å². The van der Waals surface area contributed by atoms with Crippen molar-refractivity contribution in [3.8, 4) is 5.75 Å². The molecule has 0 heterocycles. The number of ether oxygens (including phenoxy) is 1. The minimum absolute atomic E-state index is 0.00712. The van der Waals surface area contributed by atoms with Gasteiger partial charge < -0.3 is 15.4 Å². The molecule has 4 heteroatoms. The van der Waals surface area contributed by atoms with Crippen molar-refractivity contribution in [1.29, 1.82) is 0 Å². The Kier molecular flexibility index (Phi) is 5.65. The molecule has 0 aliphatic rings. The fourth-order valence-electron chi connectivity index (χ4n) is 1.77. The average molecular weight is 250 g/mol. The van der Waals surface area contributed by atoms with Gasteiger partial charge in [0.15, 0.2) is 0 Å². The Hall–Kier alpha value is -1.55. The number of carbonyl (C=O) groups is 1. The van der Waals surface area contributed by atoms with Crippen LogP contribution in [0.3, 0.4) is 0 Å². The van der Waals surface area contributed by atoms with Crippen molar-refractivity contribution in [3.05, 3.63) is 24.3 Å². The van der Waals surface area contributed by atoms with Crippen LogP contribution in [0.25, 0.3) is 0 Å². The average Bonchev–Trinajstić information content (AvgIpc) is 2.36. The molecule has 1 aromatic carbocycles. The number of nitrogens with zero attached hydrogens (tertiary/aromatic N) is 1. The lowest BCUT2D eigenvalue weighted by Gasteiger charge is -2.26. The number of anilines is 1. The third-order valence-electron chi connectivity index (χ3n) is 2.48. The van der Waals surface area contributed by atoms with E-state index >= 15 is 0 Å². The molecule has 0 aliphatic heterocycles. The van der Waals surface area contributed by atoms with E-state index in [0.29, 0.717) is 19.1 Å². The molecule has 1 rings (SSSR count). The van der Waals surface area contributed by atoms with Gasteiger partial charge in [-0.25, -0.2) is 0 Å². The molecule has 0 aromatic heterocycles. The lowest BCUT2D eigenvalue weighted by molar-refractivity contribution is -0.117. The van der Waals surface area contributed by atoms with E-state index in [1.807, 2.05) is 31.2 Å².